The smallest absolute Gasteiger partial charge is 0.0925 e. The normalized spacial score (nSPS) is 10.2. The topological polar surface area (TPSA) is 12.9 Å². The quantitative estimate of drug-likeness (QED) is 0.713. The van der Waals surface area contributed by atoms with Crippen molar-refractivity contribution >= 4 is 27.3 Å². The highest BCUT2D eigenvalue weighted by Gasteiger charge is 1.97. The van der Waals surface area contributed by atoms with E-state index in [0.717, 1.165) is 18.2 Å². The number of halogens is 1. The first-order chi connectivity index (χ1) is 4.86. The van der Waals surface area contributed by atoms with Gasteiger partial charge in [-0.1, -0.05) is 22.9 Å². The first-order valence-electron chi connectivity index (χ1n) is 3.36. The predicted octanol–water partition coefficient (Wildman–Crippen LogP) is 2.64. The number of hydrogen-bond acceptors (Lipinski definition) is 2. The second kappa shape index (κ2) is 4.09. The number of rotatable bonds is 3. The van der Waals surface area contributed by atoms with E-state index in [2.05, 4.69) is 33.2 Å². The summed E-state index contributed by atoms with van der Waals surface area (Å²) in [6.45, 7) is 2.14. The van der Waals surface area contributed by atoms with Crippen molar-refractivity contribution in [1.29, 1.82) is 0 Å². The summed E-state index contributed by atoms with van der Waals surface area (Å²) in [5, 5.41) is 4.40. The molecule has 0 saturated heterocycles. The summed E-state index contributed by atoms with van der Waals surface area (Å²) in [6.07, 6.45) is 2.11. The molecule has 0 saturated carbocycles. The number of aryl methyl sites for hydroxylation is 2. The fourth-order valence-corrected chi connectivity index (χ4v) is 1.91. The van der Waals surface area contributed by atoms with Crippen LogP contribution in [-0.2, 0) is 12.8 Å². The molecule has 56 valence electrons. The van der Waals surface area contributed by atoms with Gasteiger partial charge in [0.25, 0.3) is 0 Å². The van der Waals surface area contributed by atoms with Crippen LogP contribution in [0.3, 0.4) is 0 Å². The van der Waals surface area contributed by atoms with Gasteiger partial charge in [0.15, 0.2) is 0 Å². The highest BCUT2D eigenvalue weighted by molar-refractivity contribution is 9.09. The van der Waals surface area contributed by atoms with E-state index in [1.807, 2.05) is 0 Å². The summed E-state index contributed by atoms with van der Waals surface area (Å²) >= 11 is 5.14. The third-order valence-corrected chi connectivity index (χ3v) is 2.69. The van der Waals surface area contributed by atoms with Crippen LogP contribution in [0.15, 0.2) is 5.38 Å². The highest BCUT2D eigenvalue weighted by atomic mass is 79.9. The van der Waals surface area contributed by atoms with E-state index in [-0.39, 0.29) is 0 Å². The van der Waals surface area contributed by atoms with Gasteiger partial charge in [0.1, 0.15) is 0 Å². The molecular formula is C7H10BrNS. The van der Waals surface area contributed by atoms with E-state index >= 15 is 0 Å². The predicted molar refractivity (Wildman–Crippen MR) is 49.0 cm³/mol. The second-order valence-corrected chi connectivity index (χ2v) is 3.76. The minimum atomic E-state index is 1.01. The molecule has 1 heterocycles. The van der Waals surface area contributed by atoms with E-state index in [1.54, 1.807) is 11.3 Å². The standard InChI is InChI=1S/C7H10BrNS/c1-2-7-9-6(3-4-8)5-10-7/h5H,2-4H2,1H3. The van der Waals surface area contributed by atoms with Gasteiger partial charge in [-0.25, -0.2) is 4.98 Å². The molecule has 0 aromatic carbocycles. The average Bonchev–Trinajstić information content (AvgIpc) is 2.37. The number of thiazole rings is 1. The Morgan fingerprint density at radius 1 is 1.70 bits per heavy atom. The molecule has 1 nitrogen and oxygen atoms in total. The van der Waals surface area contributed by atoms with E-state index in [9.17, 15) is 0 Å². The lowest BCUT2D eigenvalue weighted by Gasteiger charge is -1.86. The fourth-order valence-electron chi connectivity index (χ4n) is 0.723. The summed E-state index contributed by atoms with van der Waals surface area (Å²) in [7, 11) is 0. The monoisotopic (exact) mass is 219 g/mol. The minimum absolute atomic E-state index is 1.01. The zero-order chi connectivity index (χ0) is 7.40. The van der Waals surface area contributed by atoms with Crippen molar-refractivity contribution in [3.8, 4) is 0 Å². The first kappa shape index (κ1) is 8.21. The molecule has 0 aliphatic carbocycles. The molecule has 0 unspecified atom stereocenters. The van der Waals surface area contributed by atoms with Gasteiger partial charge >= 0.3 is 0 Å². The van der Waals surface area contributed by atoms with Crippen LogP contribution < -0.4 is 0 Å². The van der Waals surface area contributed by atoms with Crippen LogP contribution >= 0.6 is 27.3 Å². The zero-order valence-corrected chi connectivity index (χ0v) is 8.33. The van der Waals surface area contributed by atoms with Crippen molar-refractivity contribution in [3.63, 3.8) is 0 Å². The largest absolute Gasteiger partial charge is 0.246 e. The Morgan fingerprint density at radius 2 is 2.50 bits per heavy atom. The minimum Gasteiger partial charge on any atom is -0.246 e. The molecule has 0 amide bonds. The van der Waals surface area contributed by atoms with Crippen molar-refractivity contribution in [1.82, 2.24) is 4.98 Å². The van der Waals surface area contributed by atoms with Crippen LogP contribution in [-0.4, -0.2) is 10.3 Å². The molecule has 0 aliphatic heterocycles. The summed E-state index contributed by atoms with van der Waals surface area (Å²) in [4.78, 5) is 4.41. The molecule has 3 heteroatoms. The van der Waals surface area contributed by atoms with E-state index in [1.165, 1.54) is 10.7 Å². The maximum Gasteiger partial charge on any atom is 0.0925 e. The van der Waals surface area contributed by atoms with E-state index < -0.39 is 0 Å². The van der Waals surface area contributed by atoms with Gasteiger partial charge in [0.2, 0.25) is 0 Å². The number of nitrogens with zero attached hydrogens (tertiary/aromatic N) is 1. The number of aromatic nitrogens is 1. The number of hydrogen-bond donors (Lipinski definition) is 0. The molecule has 1 aromatic heterocycles. The van der Waals surface area contributed by atoms with E-state index in [0.29, 0.717) is 0 Å². The fraction of sp³-hybridized carbons (Fsp3) is 0.571. The molecule has 0 fully saturated rings. The highest BCUT2D eigenvalue weighted by Crippen LogP contribution is 2.10. The Balaban J connectivity index is 2.59. The molecule has 0 radical (unpaired) electrons. The molecule has 0 bridgehead atoms. The van der Waals surface area contributed by atoms with Gasteiger partial charge in [0.05, 0.1) is 10.7 Å². The SMILES string of the molecule is CCc1nc(CCBr)cs1. The molecule has 1 aromatic rings. The van der Waals surface area contributed by atoms with Crippen LogP contribution in [0.2, 0.25) is 0 Å². The molecule has 0 aliphatic rings. The van der Waals surface area contributed by atoms with E-state index in [4.69, 9.17) is 0 Å². The Bertz CT molecular complexity index is 197. The van der Waals surface area contributed by atoms with Gasteiger partial charge in [-0.15, -0.1) is 11.3 Å². The average molecular weight is 220 g/mol. The van der Waals surface area contributed by atoms with Gasteiger partial charge in [-0.2, -0.15) is 0 Å². The van der Waals surface area contributed by atoms with Gasteiger partial charge < -0.3 is 0 Å². The lowest BCUT2D eigenvalue weighted by Crippen LogP contribution is -1.86. The van der Waals surface area contributed by atoms with Crippen LogP contribution in [0.25, 0.3) is 0 Å². The van der Waals surface area contributed by atoms with Crippen molar-refractivity contribution in [2.24, 2.45) is 0 Å². The third-order valence-electron chi connectivity index (χ3n) is 1.25. The van der Waals surface area contributed by atoms with Crippen molar-refractivity contribution in [3.05, 3.63) is 16.1 Å². The van der Waals surface area contributed by atoms with Crippen LogP contribution in [0, 0.1) is 0 Å². The molecule has 0 atom stereocenters. The second-order valence-electron chi connectivity index (χ2n) is 2.03. The zero-order valence-electron chi connectivity index (χ0n) is 5.93. The summed E-state index contributed by atoms with van der Waals surface area (Å²) < 4.78 is 0. The third kappa shape index (κ3) is 2.06. The van der Waals surface area contributed by atoms with Crippen molar-refractivity contribution < 1.29 is 0 Å². The molecule has 10 heavy (non-hydrogen) atoms. The Labute approximate surface area is 73.6 Å². The summed E-state index contributed by atoms with van der Waals surface area (Å²) in [5.41, 5.74) is 1.22. The lowest BCUT2D eigenvalue weighted by atomic mass is 10.4. The maximum atomic E-state index is 4.41. The Morgan fingerprint density at radius 3 is 3.00 bits per heavy atom. The Kier molecular flexibility index (Phi) is 3.35. The Hall–Kier alpha value is 0.110. The molecule has 1 rings (SSSR count). The molecule has 0 N–H and O–H groups in total. The van der Waals surface area contributed by atoms with Crippen molar-refractivity contribution in [2.75, 3.05) is 5.33 Å². The first-order valence-corrected chi connectivity index (χ1v) is 5.36. The molecular weight excluding hydrogens is 210 g/mol. The van der Waals surface area contributed by atoms with Crippen LogP contribution in [0.5, 0.6) is 0 Å². The summed E-state index contributed by atoms with van der Waals surface area (Å²) in [5.74, 6) is 0. The summed E-state index contributed by atoms with van der Waals surface area (Å²) in [6, 6.07) is 0. The maximum absolute atomic E-state index is 4.41. The van der Waals surface area contributed by atoms with Crippen LogP contribution in [0.1, 0.15) is 17.6 Å². The van der Waals surface area contributed by atoms with Gasteiger partial charge in [-0.3, -0.25) is 0 Å². The lowest BCUT2D eigenvalue weighted by molar-refractivity contribution is 1.01. The van der Waals surface area contributed by atoms with Gasteiger partial charge in [0, 0.05) is 17.1 Å². The van der Waals surface area contributed by atoms with Crippen LogP contribution in [0.4, 0.5) is 0 Å². The van der Waals surface area contributed by atoms with Crippen molar-refractivity contribution in [2.45, 2.75) is 19.8 Å². The van der Waals surface area contributed by atoms with Gasteiger partial charge in [-0.05, 0) is 6.42 Å². The number of alkyl halides is 1. The molecule has 0 spiro atoms.